The van der Waals surface area contributed by atoms with Crippen molar-refractivity contribution in [3.8, 4) is 17.0 Å². The number of aryl methyl sites for hydroxylation is 1. The van der Waals surface area contributed by atoms with Crippen molar-refractivity contribution in [2.24, 2.45) is 7.05 Å². The molecule has 0 spiro atoms. The molecule has 0 amide bonds. The fourth-order valence-electron chi connectivity index (χ4n) is 4.44. The first kappa shape index (κ1) is 23.7. The molecule has 0 atom stereocenters. The van der Waals surface area contributed by atoms with Crippen molar-refractivity contribution in [3.05, 3.63) is 101 Å². The lowest BCUT2D eigenvalue weighted by molar-refractivity contribution is 0.103. The first-order valence-electron chi connectivity index (χ1n) is 12.4. The third-order valence-electron chi connectivity index (χ3n) is 6.24. The topological polar surface area (TPSA) is 69.0 Å². The Bertz CT molecular complexity index is 1470. The number of ether oxygens (including phenoxy) is 1. The number of hydrogen-bond donors (Lipinski definition) is 1. The van der Waals surface area contributed by atoms with E-state index in [0.717, 1.165) is 53.7 Å². The molecular weight excluding hydrogens is 448 g/mol. The monoisotopic (exact) mass is 478 g/mol. The van der Waals surface area contributed by atoms with Gasteiger partial charge < -0.3 is 10.1 Å². The molecule has 6 nitrogen and oxygen atoms in total. The molecule has 2 aromatic carbocycles. The van der Waals surface area contributed by atoms with Gasteiger partial charge >= 0.3 is 0 Å². The lowest BCUT2D eigenvalue weighted by Crippen LogP contribution is -2.16. The second-order valence-corrected chi connectivity index (χ2v) is 9.00. The Morgan fingerprint density at radius 1 is 1.03 bits per heavy atom. The van der Waals surface area contributed by atoms with Gasteiger partial charge in [-0.1, -0.05) is 55.5 Å². The van der Waals surface area contributed by atoms with Crippen molar-refractivity contribution < 1.29 is 9.53 Å². The van der Waals surface area contributed by atoms with Crippen LogP contribution in [0.5, 0.6) is 5.75 Å². The maximum Gasteiger partial charge on any atom is 0.193 e. The minimum absolute atomic E-state index is 0.0428. The number of rotatable bonds is 10. The normalized spacial score (nSPS) is 11.3. The fourth-order valence-corrected chi connectivity index (χ4v) is 4.44. The summed E-state index contributed by atoms with van der Waals surface area (Å²) >= 11 is 0. The molecule has 0 bridgehead atoms. The fraction of sp³-hybridized carbons (Fsp3) is 0.233. The number of hydrogen-bond acceptors (Lipinski definition) is 5. The van der Waals surface area contributed by atoms with Gasteiger partial charge in [0, 0.05) is 41.9 Å². The van der Waals surface area contributed by atoms with Crippen LogP contribution in [0.25, 0.3) is 22.2 Å². The van der Waals surface area contributed by atoms with E-state index in [4.69, 9.17) is 9.72 Å². The van der Waals surface area contributed by atoms with Crippen LogP contribution in [0.15, 0.2) is 79.1 Å². The van der Waals surface area contributed by atoms with Crippen LogP contribution in [-0.4, -0.2) is 33.7 Å². The van der Waals surface area contributed by atoms with E-state index >= 15 is 0 Å². The van der Waals surface area contributed by atoms with E-state index in [0.29, 0.717) is 23.5 Å². The smallest absolute Gasteiger partial charge is 0.193 e. The van der Waals surface area contributed by atoms with Crippen LogP contribution in [0.3, 0.4) is 0 Å². The predicted octanol–water partition coefficient (Wildman–Crippen LogP) is 5.43. The molecule has 0 radical (unpaired) electrons. The molecule has 2 aliphatic rings. The second kappa shape index (κ2) is 10.7. The van der Waals surface area contributed by atoms with Crippen LogP contribution in [-0.2, 0) is 20.0 Å². The summed E-state index contributed by atoms with van der Waals surface area (Å²) in [5.74, 6) is 0.671. The summed E-state index contributed by atoms with van der Waals surface area (Å²) in [6.45, 7) is 4.27. The summed E-state index contributed by atoms with van der Waals surface area (Å²) in [5.41, 5.74) is 6.41. The number of carbonyl (C=O) groups excluding carboxylic acids is 1. The highest BCUT2D eigenvalue weighted by atomic mass is 16.5. The average molecular weight is 479 g/mol. The van der Waals surface area contributed by atoms with E-state index in [-0.39, 0.29) is 5.78 Å². The van der Waals surface area contributed by atoms with Crippen molar-refractivity contribution in [2.75, 3.05) is 13.2 Å². The molecule has 2 heterocycles. The summed E-state index contributed by atoms with van der Waals surface area (Å²) in [4.78, 5) is 18.3. The van der Waals surface area contributed by atoms with Gasteiger partial charge in [0.05, 0.1) is 24.0 Å². The molecular formula is C30H30N4O2. The summed E-state index contributed by atoms with van der Waals surface area (Å²) < 4.78 is 7.54. The molecule has 1 N–H and O–H groups in total. The van der Waals surface area contributed by atoms with Crippen molar-refractivity contribution >= 4 is 16.7 Å². The number of fused-ring (bicyclic) bond motifs is 3. The van der Waals surface area contributed by atoms with E-state index in [1.54, 1.807) is 0 Å². The lowest BCUT2D eigenvalue weighted by atomic mass is 10.0. The minimum atomic E-state index is -0.0428. The molecule has 0 unspecified atom stereocenters. The van der Waals surface area contributed by atoms with Gasteiger partial charge in [0.15, 0.2) is 5.78 Å². The second-order valence-electron chi connectivity index (χ2n) is 9.00. The third kappa shape index (κ3) is 5.14. The maximum atomic E-state index is 13.3. The predicted molar refractivity (Wildman–Crippen MR) is 143 cm³/mol. The van der Waals surface area contributed by atoms with E-state index in [9.17, 15) is 4.79 Å². The number of para-hydroxylation sites is 1. The highest BCUT2D eigenvalue weighted by molar-refractivity contribution is 6.10. The van der Waals surface area contributed by atoms with Gasteiger partial charge in [-0.15, -0.1) is 0 Å². The van der Waals surface area contributed by atoms with Gasteiger partial charge in [-0.05, 0) is 48.7 Å². The Balaban J connectivity index is 1.38. The summed E-state index contributed by atoms with van der Waals surface area (Å²) in [6, 6.07) is 21.4. The van der Waals surface area contributed by atoms with Crippen molar-refractivity contribution in [1.82, 2.24) is 20.1 Å². The summed E-state index contributed by atoms with van der Waals surface area (Å²) in [6.07, 6.45) is 5.79. The van der Waals surface area contributed by atoms with E-state index in [1.807, 2.05) is 72.7 Å². The maximum absolute atomic E-state index is 13.3. The number of carbonyl (C=O) groups is 1. The Labute approximate surface area is 211 Å². The number of nitrogens with zero attached hydrogens (tertiary/aromatic N) is 3. The van der Waals surface area contributed by atoms with Gasteiger partial charge in [0.2, 0.25) is 0 Å². The Kier molecular flexibility index (Phi) is 7.05. The minimum Gasteiger partial charge on any atom is -0.494 e. The first-order valence-corrected chi connectivity index (χ1v) is 12.4. The van der Waals surface area contributed by atoms with Gasteiger partial charge in [0.1, 0.15) is 5.75 Å². The molecule has 0 fully saturated rings. The Morgan fingerprint density at radius 2 is 1.83 bits per heavy atom. The number of nitrogens with one attached hydrogen (secondary N) is 1. The van der Waals surface area contributed by atoms with Crippen molar-refractivity contribution in [1.29, 1.82) is 0 Å². The molecule has 0 saturated heterocycles. The van der Waals surface area contributed by atoms with Gasteiger partial charge in [-0.3, -0.25) is 9.48 Å². The SMILES string of the molecule is CCCOc1cccc(C(=O)c2cccc3c4cccc(CNCCc5cnn(C)c5)c4nc-3c2)c1. The van der Waals surface area contributed by atoms with E-state index in [1.165, 1.54) is 5.56 Å². The van der Waals surface area contributed by atoms with Crippen LogP contribution in [0.1, 0.15) is 40.4 Å². The van der Waals surface area contributed by atoms with Crippen LogP contribution < -0.4 is 10.1 Å². The van der Waals surface area contributed by atoms with E-state index in [2.05, 4.69) is 35.5 Å². The molecule has 5 rings (SSSR count). The largest absolute Gasteiger partial charge is 0.494 e. The molecule has 182 valence electrons. The summed E-state index contributed by atoms with van der Waals surface area (Å²) in [7, 11) is 1.93. The zero-order chi connectivity index (χ0) is 24.9. The molecule has 0 saturated carbocycles. The standard InChI is InChI=1S/C30H30N4O2/c1-3-15-36-25-10-4-7-22(16-25)30(35)23-8-5-11-26-27-12-6-9-24(29(27)33-28(26)17-23)19-31-14-13-21-18-32-34(2)20-21/h4-12,16-18,20,31H,3,13-15,19H2,1-2H3. The van der Waals surface area contributed by atoms with Gasteiger partial charge in [-0.2, -0.15) is 5.10 Å². The number of ketones is 1. The first-order chi connectivity index (χ1) is 17.6. The zero-order valence-electron chi connectivity index (χ0n) is 20.7. The Hall–Kier alpha value is -4.03. The molecule has 1 aliphatic heterocycles. The quantitative estimate of drug-likeness (QED) is 0.214. The molecule has 1 aliphatic carbocycles. The highest BCUT2D eigenvalue weighted by Gasteiger charge is 2.16. The van der Waals surface area contributed by atoms with Crippen LogP contribution in [0.2, 0.25) is 0 Å². The number of aromatic nitrogens is 3. The molecule has 36 heavy (non-hydrogen) atoms. The molecule has 6 heteroatoms. The van der Waals surface area contributed by atoms with Crippen LogP contribution >= 0.6 is 0 Å². The molecule has 1 aromatic heterocycles. The van der Waals surface area contributed by atoms with Gasteiger partial charge in [-0.25, -0.2) is 4.98 Å². The van der Waals surface area contributed by atoms with Crippen molar-refractivity contribution in [2.45, 2.75) is 26.3 Å². The lowest BCUT2D eigenvalue weighted by Gasteiger charge is -2.06. The molecule has 3 aromatic rings. The van der Waals surface area contributed by atoms with Gasteiger partial charge in [0.25, 0.3) is 0 Å². The third-order valence-corrected chi connectivity index (χ3v) is 6.24. The Morgan fingerprint density at radius 3 is 2.64 bits per heavy atom. The summed E-state index contributed by atoms with van der Waals surface area (Å²) in [5, 5.41) is 8.86. The number of benzene rings is 2. The average Bonchev–Trinajstić information content (AvgIpc) is 3.40. The zero-order valence-corrected chi connectivity index (χ0v) is 20.7. The van der Waals surface area contributed by atoms with Crippen LogP contribution in [0.4, 0.5) is 0 Å². The van der Waals surface area contributed by atoms with Crippen LogP contribution in [0, 0.1) is 0 Å². The van der Waals surface area contributed by atoms with E-state index < -0.39 is 0 Å². The van der Waals surface area contributed by atoms with Crippen molar-refractivity contribution in [3.63, 3.8) is 0 Å². The highest BCUT2D eigenvalue weighted by Crippen LogP contribution is 2.33.